The monoisotopic (exact) mass is 487 g/mol. The summed E-state index contributed by atoms with van der Waals surface area (Å²) in [6, 6.07) is 9.61. The van der Waals surface area contributed by atoms with Crippen LogP contribution in [0.2, 0.25) is 0 Å². The Labute approximate surface area is 196 Å². The predicted molar refractivity (Wildman–Crippen MR) is 117 cm³/mol. The lowest BCUT2D eigenvalue weighted by atomic mass is 10.0. The number of benzene rings is 2. The van der Waals surface area contributed by atoms with E-state index in [0.717, 1.165) is 6.07 Å². The molecule has 0 spiro atoms. The van der Waals surface area contributed by atoms with Gasteiger partial charge in [-0.3, -0.25) is 29.8 Å². The van der Waals surface area contributed by atoms with Crippen molar-refractivity contribution < 1.29 is 33.2 Å². The second-order valence-electron chi connectivity index (χ2n) is 7.67. The smallest absolute Gasteiger partial charge is 0.330 e. The third-order valence-electron chi connectivity index (χ3n) is 5.61. The fraction of sp³-hybridized carbons (Fsp3) is 0.273. The first-order valence-corrected chi connectivity index (χ1v) is 11.2. The summed E-state index contributed by atoms with van der Waals surface area (Å²) < 4.78 is 18.4. The SMILES string of the molecule is O=C(COC(=O)[C@@H]1CS[C@@]2(c3ccc(F)cc3)CCC(=O)N12)NC(=O)c1cccc([N+](=O)[O-])c1. The molecule has 0 aliphatic carbocycles. The summed E-state index contributed by atoms with van der Waals surface area (Å²) in [5.41, 5.74) is 0.276. The maximum atomic E-state index is 13.4. The van der Waals surface area contributed by atoms with Crippen molar-refractivity contribution in [3.63, 3.8) is 0 Å². The van der Waals surface area contributed by atoms with E-state index in [-0.39, 0.29) is 29.3 Å². The first-order valence-electron chi connectivity index (χ1n) is 10.2. The topological polar surface area (TPSA) is 136 Å². The van der Waals surface area contributed by atoms with Crippen molar-refractivity contribution in [2.24, 2.45) is 0 Å². The van der Waals surface area contributed by atoms with Crippen LogP contribution < -0.4 is 5.32 Å². The van der Waals surface area contributed by atoms with E-state index in [1.165, 1.54) is 47.0 Å². The van der Waals surface area contributed by atoms with E-state index in [0.29, 0.717) is 12.0 Å². The molecule has 3 amide bonds. The van der Waals surface area contributed by atoms with Crippen LogP contribution in [0, 0.1) is 15.9 Å². The molecule has 2 atom stereocenters. The van der Waals surface area contributed by atoms with Crippen LogP contribution in [-0.4, -0.2) is 51.9 Å². The fourth-order valence-electron chi connectivity index (χ4n) is 4.06. The minimum absolute atomic E-state index is 0.104. The number of esters is 1. The summed E-state index contributed by atoms with van der Waals surface area (Å²) >= 11 is 1.38. The predicted octanol–water partition coefficient (Wildman–Crippen LogP) is 2.12. The average Bonchev–Trinajstić information content (AvgIpc) is 3.37. The number of thioether (sulfide) groups is 1. The lowest BCUT2D eigenvalue weighted by molar-refractivity contribution is -0.384. The van der Waals surface area contributed by atoms with Gasteiger partial charge in [-0.1, -0.05) is 18.2 Å². The molecule has 2 aliphatic rings. The quantitative estimate of drug-likeness (QED) is 0.372. The van der Waals surface area contributed by atoms with Gasteiger partial charge in [0, 0.05) is 29.9 Å². The first kappa shape index (κ1) is 23.4. The van der Waals surface area contributed by atoms with Gasteiger partial charge in [-0.15, -0.1) is 11.8 Å². The first-order chi connectivity index (χ1) is 16.2. The molecule has 10 nitrogen and oxygen atoms in total. The lowest BCUT2D eigenvalue weighted by Gasteiger charge is -2.33. The van der Waals surface area contributed by atoms with E-state index in [1.807, 2.05) is 5.32 Å². The van der Waals surface area contributed by atoms with Crippen molar-refractivity contribution >= 4 is 41.1 Å². The molecule has 2 aromatic carbocycles. The Kier molecular flexibility index (Phi) is 6.33. The maximum Gasteiger partial charge on any atom is 0.330 e. The molecule has 0 radical (unpaired) electrons. The zero-order chi connectivity index (χ0) is 24.5. The molecule has 2 fully saturated rings. The number of carbonyl (C=O) groups excluding carboxylic acids is 4. The maximum absolute atomic E-state index is 13.4. The average molecular weight is 487 g/mol. The highest BCUT2D eigenvalue weighted by Gasteiger charge is 2.57. The Morgan fingerprint density at radius 3 is 2.68 bits per heavy atom. The number of hydrogen-bond donors (Lipinski definition) is 1. The Morgan fingerprint density at radius 1 is 1.24 bits per heavy atom. The van der Waals surface area contributed by atoms with Gasteiger partial charge in [-0.25, -0.2) is 9.18 Å². The highest BCUT2D eigenvalue weighted by atomic mass is 32.2. The van der Waals surface area contributed by atoms with Gasteiger partial charge in [-0.05, 0) is 30.2 Å². The number of non-ortho nitro benzene ring substituents is 1. The van der Waals surface area contributed by atoms with Crippen LogP contribution in [0.25, 0.3) is 0 Å². The number of halogens is 1. The number of nitrogens with zero attached hydrogens (tertiary/aromatic N) is 2. The number of nitrogens with one attached hydrogen (secondary N) is 1. The zero-order valence-electron chi connectivity index (χ0n) is 17.6. The van der Waals surface area contributed by atoms with Crippen molar-refractivity contribution in [3.05, 3.63) is 75.6 Å². The van der Waals surface area contributed by atoms with E-state index >= 15 is 0 Å². The molecule has 0 aromatic heterocycles. The van der Waals surface area contributed by atoms with Crippen molar-refractivity contribution in [3.8, 4) is 0 Å². The molecule has 0 unspecified atom stereocenters. The zero-order valence-corrected chi connectivity index (χ0v) is 18.4. The number of nitro benzene ring substituents is 1. The minimum Gasteiger partial charge on any atom is -0.454 e. The third-order valence-corrected chi connectivity index (χ3v) is 7.21. The number of carbonyl (C=O) groups is 4. The van der Waals surface area contributed by atoms with Crippen LogP contribution in [0.4, 0.5) is 10.1 Å². The molecule has 4 rings (SSSR count). The highest BCUT2D eigenvalue weighted by Crippen LogP contribution is 2.54. The molecule has 2 saturated heterocycles. The Hall–Kier alpha value is -3.80. The van der Waals surface area contributed by atoms with Crippen molar-refractivity contribution in [2.45, 2.75) is 23.8 Å². The van der Waals surface area contributed by atoms with Gasteiger partial charge in [0.05, 0.1) is 4.92 Å². The van der Waals surface area contributed by atoms with Crippen LogP contribution in [0.15, 0.2) is 48.5 Å². The van der Waals surface area contributed by atoms with Gasteiger partial charge in [0.15, 0.2) is 6.61 Å². The molecular weight excluding hydrogens is 469 g/mol. The van der Waals surface area contributed by atoms with E-state index < -0.39 is 46.0 Å². The third kappa shape index (κ3) is 4.36. The number of fused-ring (bicyclic) bond motifs is 1. The molecule has 0 saturated carbocycles. The molecule has 2 heterocycles. The number of nitro groups is 1. The van der Waals surface area contributed by atoms with E-state index in [1.54, 1.807) is 12.1 Å². The second kappa shape index (κ2) is 9.21. The van der Waals surface area contributed by atoms with Gasteiger partial charge < -0.3 is 9.64 Å². The van der Waals surface area contributed by atoms with E-state index in [4.69, 9.17) is 4.74 Å². The molecule has 12 heteroatoms. The Balaban J connectivity index is 1.38. The molecule has 0 bridgehead atoms. The molecule has 2 aromatic rings. The van der Waals surface area contributed by atoms with E-state index in [9.17, 15) is 33.7 Å². The molecule has 2 aliphatic heterocycles. The van der Waals surface area contributed by atoms with Gasteiger partial charge in [0.2, 0.25) is 5.91 Å². The highest BCUT2D eigenvalue weighted by molar-refractivity contribution is 8.00. The van der Waals surface area contributed by atoms with Crippen molar-refractivity contribution in [1.29, 1.82) is 0 Å². The fourth-order valence-corrected chi connectivity index (χ4v) is 5.69. The Bertz CT molecular complexity index is 1190. The lowest BCUT2D eigenvalue weighted by Crippen LogP contribution is -2.47. The molecule has 1 N–H and O–H groups in total. The van der Waals surface area contributed by atoms with Crippen molar-refractivity contribution in [1.82, 2.24) is 10.2 Å². The number of rotatable bonds is 6. The second-order valence-corrected chi connectivity index (χ2v) is 8.97. The molecular formula is C22H18FN3O7S. The number of hydrogen-bond acceptors (Lipinski definition) is 8. The number of imide groups is 1. The van der Waals surface area contributed by atoms with Crippen LogP contribution in [0.5, 0.6) is 0 Å². The summed E-state index contributed by atoms with van der Waals surface area (Å²) in [6.45, 7) is -0.772. The van der Waals surface area contributed by atoms with Crippen molar-refractivity contribution in [2.75, 3.05) is 12.4 Å². The summed E-state index contributed by atoms with van der Waals surface area (Å²) in [5.74, 6) is -3.04. The summed E-state index contributed by atoms with van der Waals surface area (Å²) in [6.07, 6.45) is 0.663. The van der Waals surface area contributed by atoms with Crippen LogP contribution in [0.3, 0.4) is 0 Å². The Morgan fingerprint density at radius 2 is 1.97 bits per heavy atom. The molecule has 34 heavy (non-hydrogen) atoms. The largest absolute Gasteiger partial charge is 0.454 e. The molecule has 176 valence electrons. The van der Waals surface area contributed by atoms with Gasteiger partial charge in [-0.2, -0.15) is 0 Å². The summed E-state index contributed by atoms with van der Waals surface area (Å²) in [7, 11) is 0. The van der Waals surface area contributed by atoms with Crippen LogP contribution in [-0.2, 0) is 24.0 Å². The number of amides is 3. The van der Waals surface area contributed by atoms with Crippen LogP contribution in [0.1, 0.15) is 28.8 Å². The number of ether oxygens (including phenoxy) is 1. The minimum atomic E-state index is -0.940. The summed E-state index contributed by atoms with van der Waals surface area (Å²) in [4.78, 5) is 60.4. The van der Waals surface area contributed by atoms with Gasteiger partial charge in [0.1, 0.15) is 16.7 Å². The summed E-state index contributed by atoms with van der Waals surface area (Å²) in [5, 5.41) is 12.8. The van der Waals surface area contributed by atoms with Gasteiger partial charge >= 0.3 is 5.97 Å². The van der Waals surface area contributed by atoms with Crippen LogP contribution >= 0.6 is 11.8 Å². The van der Waals surface area contributed by atoms with E-state index in [2.05, 4.69) is 0 Å². The normalized spacial score (nSPS) is 21.1. The standard InChI is InChI=1S/C22H18FN3O7S/c23-15-6-4-14(5-7-15)22-9-8-19(28)25(22)17(12-34-22)21(30)33-11-18(27)24-20(29)13-2-1-3-16(10-13)26(31)32/h1-7,10,17H,8-9,11-12H2,(H,24,27,29)/t17-,22+/m0/s1. The van der Waals surface area contributed by atoms with Gasteiger partial charge in [0.25, 0.3) is 17.5 Å².